The highest BCUT2D eigenvalue weighted by molar-refractivity contribution is 7.20. The second-order valence-electron chi connectivity index (χ2n) is 22.0. The molecule has 4 aromatic heterocycles. The molecule has 0 atom stereocenters. The molecule has 0 radical (unpaired) electrons. The maximum absolute atomic E-state index is 10.1. The molecule has 0 aliphatic rings. The Hall–Kier alpha value is -9.17. The molecule has 376 valence electrons. The number of hydrogen-bond donors (Lipinski definition) is 0. The molecule has 0 saturated heterocycles. The molecule has 0 amide bonds. The smallest absolute Gasteiger partial charge is 0.240 e. The molecule has 7 heteroatoms. The van der Waals surface area contributed by atoms with Crippen LogP contribution in [0.3, 0.4) is 0 Å². The van der Waals surface area contributed by atoms with Crippen LogP contribution in [0.15, 0.2) is 242 Å². The predicted octanol–water partition coefficient (Wildman–Crippen LogP) is 14.8. The van der Waals surface area contributed by atoms with Crippen LogP contribution in [0.25, 0.3) is 94.4 Å². The van der Waals surface area contributed by atoms with Crippen LogP contribution in [0.2, 0.25) is 0 Å². The first-order chi connectivity index (χ1) is 42.9. The van der Waals surface area contributed by atoms with Crippen LogP contribution in [0.5, 0.6) is 0 Å². The zero-order valence-corrected chi connectivity index (χ0v) is 44.8. The van der Waals surface area contributed by atoms with Gasteiger partial charge in [-0.05, 0) is 103 Å². The Kier molecular flexibility index (Phi) is 8.29. The Bertz CT molecular complexity index is 5120. The molecule has 0 saturated carbocycles. The molecule has 6 nitrogen and oxygen atoms in total. The molecular weight excluding hydrogens is 965 g/mol. The van der Waals surface area contributed by atoms with Gasteiger partial charge in [0.05, 0.1) is 55.2 Å². The van der Waals surface area contributed by atoms with Gasteiger partial charge in [0, 0.05) is 37.9 Å². The van der Waals surface area contributed by atoms with Crippen molar-refractivity contribution in [1.29, 1.82) is 0 Å². The van der Waals surface area contributed by atoms with Crippen molar-refractivity contribution in [1.82, 2.24) is 28.7 Å². The second-order valence-corrected chi connectivity index (χ2v) is 25.8. The third-order valence-corrected chi connectivity index (χ3v) is 20.2. The van der Waals surface area contributed by atoms with E-state index in [2.05, 4.69) is 145 Å². The Morgan fingerprint density at radius 2 is 0.795 bits per heavy atom. The largest absolute Gasteiger partial charge is 0.309 e. The van der Waals surface area contributed by atoms with Crippen LogP contribution in [0, 0.1) is 0 Å². The lowest BCUT2D eigenvalue weighted by Crippen LogP contribution is -2.74. The number of para-hydroxylation sites is 4. The lowest BCUT2D eigenvalue weighted by Gasteiger charge is -2.34. The lowest BCUT2D eigenvalue weighted by molar-refractivity contribution is 0.590. The van der Waals surface area contributed by atoms with Gasteiger partial charge in [0.25, 0.3) is 0 Å². The lowest BCUT2D eigenvalue weighted by atomic mass is 9.85. The van der Waals surface area contributed by atoms with Crippen LogP contribution in [0.4, 0.5) is 0 Å². The quantitative estimate of drug-likeness (QED) is 0.113. The van der Waals surface area contributed by atoms with Crippen molar-refractivity contribution in [2.24, 2.45) is 0 Å². The van der Waals surface area contributed by atoms with E-state index in [1.54, 1.807) is 0 Å². The van der Waals surface area contributed by atoms with E-state index >= 15 is 0 Å². The van der Waals surface area contributed by atoms with E-state index in [-0.39, 0.29) is 61.6 Å². The van der Waals surface area contributed by atoms with Crippen LogP contribution in [-0.4, -0.2) is 36.7 Å². The summed E-state index contributed by atoms with van der Waals surface area (Å²) < 4.78 is 118. The van der Waals surface area contributed by atoms with Gasteiger partial charge in [0.1, 0.15) is 0 Å². The third-order valence-electron chi connectivity index (χ3n) is 15.4. The van der Waals surface area contributed by atoms with E-state index in [0.29, 0.717) is 22.1 Å². The predicted molar refractivity (Wildman–Crippen MR) is 329 cm³/mol. The van der Waals surface area contributed by atoms with Gasteiger partial charge in [-0.15, -0.1) is 0 Å². The van der Waals surface area contributed by atoms with Gasteiger partial charge >= 0.3 is 0 Å². The van der Waals surface area contributed by atoms with Crippen molar-refractivity contribution in [3.63, 3.8) is 0 Å². The topological polar surface area (TPSA) is 53.5 Å². The van der Waals surface area contributed by atoms with Gasteiger partial charge in [-0.2, -0.15) is 15.0 Å². The molecule has 0 N–H and O–H groups in total. The number of fused-ring (bicyclic) bond motifs is 9. The van der Waals surface area contributed by atoms with Crippen molar-refractivity contribution in [3.8, 4) is 29.0 Å². The highest BCUT2D eigenvalue weighted by atomic mass is 28.3. The van der Waals surface area contributed by atoms with Crippen LogP contribution < -0.4 is 20.7 Å². The van der Waals surface area contributed by atoms with E-state index in [0.717, 1.165) is 53.4 Å². The van der Waals surface area contributed by atoms with E-state index < -0.39 is 80.6 Å². The molecular formula is C71H58N6Si. The average Bonchev–Trinajstić information content (AvgIpc) is 1.50. The summed E-state index contributed by atoms with van der Waals surface area (Å²) >= 11 is 0. The highest BCUT2D eigenvalue weighted by Crippen LogP contribution is 2.41. The van der Waals surface area contributed by atoms with Crippen molar-refractivity contribution < 1.29 is 16.4 Å². The highest BCUT2D eigenvalue weighted by Gasteiger charge is 2.42. The Balaban J connectivity index is 1.18. The Labute approximate surface area is 472 Å². The minimum absolute atomic E-state index is 0.0102. The normalized spacial score (nSPS) is 14.6. The molecule has 14 rings (SSSR count). The van der Waals surface area contributed by atoms with E-state index in [9.17, 15) is 11.0 Å². The monoisotopic (exact) mass is 1030 g/mol. The van der Waals surface area contributed by atoms with Gasteiger partial charge in [0.2, 0.25) is 11.9 Å². The number of hydrogen-bond acceptors (Lipinski definition) is 3. The fraction of sp³-hybridized carbons (Fsp3) is 0.113. The maximum Gasteiger partial charge on any atom is 0.240 e. The second kappa shape index (κ2) is 18.0. The molecule has 10 aromatic carbocycles. The minimum atomic E-state index is -3.25. The van der Waals surface area contributed by atoms with Gasteiger partial charge in [-0.25, -0.2) is 0 Å². The minimum Gasteiger partial charge on any atom is -0.309 e. The number of nitrogens with zero attached hydrogens (tertiary/aromatic N) is 6. The summed E-state index contributed by atoms with van der Waals surface area (Å²) in [6.45, 7) is 12.8. The molecule has 0 aliphatic carbocycles. The molecule has 0 spiro atoms. The molecule has 0 aliphatic heterocycles. The molecule has 0 fully saturated rings. The number of benzene rings is 10. The zero-order valence-electron chi connectivity index (χ0n) is 55.8. The number of aromatic nitrogens is 6. The molecule has 0 bridgehead atoms. The van der Waals surface area contributed by atoms with E-state index in [4.69, 9.17) is 20.4 Å². The first-order valence-corrected chi connectivity index (χ1v) is 28.1. The van der Waals surface area contributed by atoms with E-state index in [1.807, 2.05) is 75.9 Å². The van der Waals surface area contributed by atoms with E-state index in [1.165, 1.54) is 4.57 Å². The molecule has 14 aromatic rings. The fourth-order valence-corrected chi connectivity index (χ4v) is 16.4. The van der Waals surface area contributed by atoms with Gasteiger partial charge in [-0.3, -0.25) is 9.13 Å². The number of rotatable bonds is 8. The molecule has 4 heterocycles. The van der Waals surface area contributed by atoms with Gasteiger partial charge in [0.15, 0.2) is 13.9 Å². The van der Waals surface area contributed by atoms with Gasteiger partial charge < -0.3 is 4.57 Å². The maximum atomic E-state index is 10.1. The van der Waals surface area contributed by atoms with Crippen LogP contribution >= 0.6 is 0 Å². The van der Waals surface area contributed by atoms with Crippen LogP contribution in [0.1, 0.15) is 69.1 Å². The first-order valence-electron chi connectivity index (χ1n) is 32.1. The third kappa shape index (κ3) is 7.40. The summed E-state index contributed by atoms with van der Waals surface area (Å²) in [4.78, 5) is 15.9. The van der Waals surface area contributed by atoms with Crippen LogP contribution in [-0.2, 0) is 10.8 Å². The first kappa shape index (κ1) is 36.0. The summed E-state index contributed by atoms with van der Waals surface area (Å²) in [6.07, 6.45) is 0. The summed E-state index contributed by atoms with van der Waals surface area (Å²) in [7, 11) is -3.25. The van der Waals surface area contributed by atoms with Crippen molar-refractivity contribution in [3.05, 3.63) is 253 Å². The summed E-state index contributed by atoms with van der Waals surface area (Å²) in [5.74, 6) is -0.712. The average molecular weight is 1040 g/mol. The SMILES string of the molecule is [2H]c1c([2H])c([2H])c(-n2c3ccc(C(C)(C)C)cc3c3cc(C(C)(C)C)ccc32)c(-c2nc(-n3c4ccccc4c4ccc([Si](c5ccccc5)(c5ccccc5)c5ccccc5)cc43)nc(-n3c4c([2H])c([2H])c([2H])c([2H])c4c4c([2H])c([2H])c([2H])c([2H])c43)n2)c1[2H]. The molecule has 78 heavy (non-hydrogen) atoms. The van der Waals surface area contributed by atoms with Crippen molar-refractivity contribution >= 4 is 94.2 Å². The Morgan fingerprint density at radius 1 is 0.346 bits per heavy atom. The van der Waals surface area contributed by atoms with Gasteiger partial charge in [-0.1, -0.05) is 223 Å². The molecule has 0 unspecified atom stereocenters. The van der Waals surface area contributed by atoms with Crippen molar-refractivity contribution in [2.45, 2.75) is 52.4 Å². The summed E-state index contributed by atoms with van der Waals surface area (Å²) in [6, 6.07) is 51.1. The Morgan fingerprint density at radius 3 is 1.33 bits per heavy atom. The standard InChI is InChI=1S/C71H58N6Si/c1-70(2,3)47-38-42-64-58(44-47)59-45-48(71(4,5)6)39-43-65(59)75(64)63-37-23-19-33-57(63)67-72-68(76-60-34-20-16-30-53(60)54-31-17-21-35-61(54)76)74-69(73-67)77-62-36-22-18-32-55(62)56-41-40-52(46-66(56)77)78(49-24-10-7-11-25-49,50-26-12-8-13-27-50)51-28-14-9-15-29-51/h7-46H,1-6H3/i16D,17D,19D,20D,21D,23D,30D,31D,33D,34D,35D,37D. The fourth-order valence-electron chi connectivity index (χ4n) is 11.6. The summed E-state index contributed by atoms with van der Waals surface area (Å²) in [5.41, 5.74) is 3.46. The van der Waals surface area contributed by atoms with Crippen molar-refractivity contribution in [2.75, 3.05) is 0 Å². The zero-order chi connectivity index (χ0) is 63.4. The summed E-state index contributed by atoms with van der Waals surface area (Å²) in [5, 5.41) is 7.27.